The van der Waals surface area contributed by atoms with Gasteiger partial charge in [0.2, 0.25) is 0 Å². The van der Waals surface area contributed by atoms with Crippen molar-refractivity contribution in [2.45, 2.75) is 46.1 Å². The van der Waals surface area contributed by atoms with Gasteiger partial charge < -0.3 is 15.4 Å². The van der Waals surface area contributed by atoms with Gasteiger partial charge in [-0.1, -0.05) is 32.4 Å². The van der Waals surface area contributed by atoms with Gasteiger partial charge in [0.25, 0.3) is 11.8 Å². The van der Waals surface area contributed by atoms with Crippen LogP contribution in [0.15, 0.2) is 48.5 Å². The Balaban J connectivity index is 1.95. The van der Waals surface area contributed by atoms with Crippen molar-refractivity contribution < 1.29 is 14.3 Å². The fourth-order valence-corrected chi connectivity index (χ4v) is 2.79. The van der Waals surface area contributed by atoms with E-state index in [4.69, 9.17) is 17.0 Å². The number of amides is 2. The smallest absolute Gasteiger partial charge is 0.257 e. The van der Waals surface area contributed by atoms with Crippen molar-refractivity contribution in [3.05, 3.63) is 59.7 Å². The first-order valence-electron chi connectivity index (χ1n) is 10.2. The van der Waals surface area contributed by atoms with Gasteiger partial charge in [-0.15, -0.1) is 0 Å². The average Bonchev–Trinajstić information content (AvgIpc) is 2.74. The van der Waals surface area contributed by atoms with Gasteiger partial charge in [-0.25, -0.2) is 0 Å². The van der Waals surface area contributed by atoms with Crippen molar-refractivity contribution in [2.75, 3.05) is 11.9 Å². The number of unbranched alkanes of at least 4 members (excludes halogenated alkanes) is 1. The van der Waals surface area contributed by atoms with E-state index in [0.717, 1.165) is 19.3 Å². The van der Waals surface area contributed by atoms with Crippen molar-refractivity contribution in [3.8, 4) is 5.75 Å². The highest BCUT2D eigenvalue weighted by Gasteiger charge is 2.11. The van der Waals surface area contributed by atoms with Gasteiger partial charge >= 0.3 is 0 Å². The standard InChI is InChI=1S/C23H29N3O3S/c1-4-6-13-24-21(27)17-9-7-11-19(14-17)25-23(30)26-22(28)18-10-8-12-20(15-18)29-16(3)5-2/h7-12,14-16H,4-6,13H2,1-3H3,(H,24,27)(H2,25,26,28,30). The number of carbonyl (C=O) groups excluding carboxylic acids is 2. The fourth-order valence-electron chi connectivity index (χ4n) is 2.58. The van der Waals surface area contributed by atoms with E-state index in [0.29, 0.717) is 29.1 Å². The zero-order valence-corrected chi connectivity index (χ0v) is 18.5. The van der Waals surface area contributed by atoms with Crippen molar-refractivity contribution in [1.82, 2.24) is 10.6 Å². The first-order chi connectivity index (χ1) is 14.4. The summed E-state index contributed by atoms with van der Waals surface area (Å²) < 4.78 is 5.76. The van der Waals surface area contributed by atoms with Crippen LogP contribution in [0.5, 0.6) is 5.75 Å². The summed E-state index contributed by atoms with van der Waals surface area (Å²) in [6.07, 6.45) is 2.89. The Labute approximate surface area is 183 Å². The molecule has 3 N–H and O–H groups in total. The first-order valence-corrected chi connectivity index (χ1v) is 10.6. The van der Waals surface area contributed by atoms with Crippen molar-refractivity contribution in [2.24, 2.45) is 0 Å². The van der Waals surface area contributed by atoms with Crippen LogP contribution >= 0.6 is 12.2 Å². The van der Waals surface area contributed by atoms with Gasteiger partial charge in [0, 0.05) is 23.4 Å². The van der Waals surface area contributed by atoms with Gasteiger partial charge in [0.05, 0.1) is 6.10 Å². The maximum absolute atomic E-state index is 12.5. The topological polar surface area (TPSA) is 79.5 Å². The van der Waals surface area contributed by atoms with Gasteiger partial charge in [0.15, 0.2) is 5.11 Å². The molecular formula is C23H29N3O3S. The maximum Gasteiger partial charge on any atom is 0.257 e. The third-order valence-corrected chi connectivity index (χ3v) is 4.64. The normalized spacial score (nSPS) is 11.3. The molecule has 1 unspecified atom stereocenters. The Morgan fingerprint density at radius 1 is 1.03 bits per heavy atom. The van der Waals surface area contributed by atoms with Crippen LogP contribution < -0.4 is 20.7 Å². The Morgan fingerprint density at radius 3 is 2.43 bits per heavy atom. The number of carbonyl (C=O) groups is 2. The molecule has 2 aromatic rings. The molecule has 1 atom stereocenters. The summed E-state index contributed by atoms with van der Waals surface area (Å²) in [6.45, 7) is 6.72. The van der Waals surface area contributed by atoms with Crippen LogP contribution in [-0.4, -0.2) is 29.6 Å². The van der Waals surface area contributed by atoms with Crippen LogP contribution in [0, 0.1) is 0 Å². The van der Waals surface area contributed by atoms with E-state index < -0.39 is 0 Å². The summed E-state index contributed by atoms with van der Waals surface area (Å²) in [5.74, 6) is 0.161. The van der Waals surface area contributed by atoms with Gasteiger partial charge in [-0.2, -0.15) is 0 Å². The molecule has 0 saturated carbocycles. The third-order valence-electron chi connectivity index (χ3n) is 4.43. The number of hydrogen-bond donors (Lipinski definition) is 3. The summed E-state index contributed by atoms with van der Waals surface area (Å²) in [5, 5.41) is 8.63. The molecule has 0 bridgehead atoms. The monoisotopic (exact) mass is 427 g/mol. The molecule has 6 nitrogen and oxygen atoms in total. The van der Waals surface area contributed by atoms with E-state index in [1.165, 1.54) is 0 Å². The quantitative estimate of drug-likeness (QED) is 0.405. The lowest BCUT2D eigenvalue weighted by molar-refractivity contribution is 0.0950. The Hall–Kier alpha value is -2.93. The highest BCUT2D eigenvalue weighted by molar-refractivity contribution is 7.80. The molecule has 0 aliphatic rings. The minimum absolute atomic E-state index is 0.0671. The molecule has 160 valence electrons. The molecule has 0 aliphatic carbocycles. The minimum Gasteiger partial charge on any atom is -0.491 e. The Kier molecular flexibility index (Phi) is 9.28. The summed E-state index contributed by atoms with van der Waals surface area (Å²) >= 11 is 5.25. The molecule has 0 spiro atoms. The molecule has 0 fully saturated rings. The van der Waals surface area contributed by atoms with E-state index >= 15 is 0 Å². The maximum atomic E-state index is 12.5. The van der Waals surface area contributed by atoms with Crippen LogP contribution in [0.3, 0.4) is 0 Å². The molecule has 0 radical (unpaired) electrons. The lowest BCUT2D eigenvalue weighted by atomic mass is 10.2. The second-order valence-electron chi connectivity index (χ2n) is 6.96. The molecule has 7 heteroatoms. The van der Waals surface area contributed by atoms with Crippen molar-refractivity contribution in [3.63, 3.8) is 0 Å². The number of ether oxygens (including phenoxy) is 1. The second-order valence-corrected chi connectivity index (χ2v) is 7.37. The molecule has 0 aromatic heterocycles. The first kappa shape index (κ1) is 23.3. The number of benzene rings is 2. The largest absolute Gasteiger partial charge is 0.491 e. The average molecular weight is 428 g/mol. The minimum atomic E-state index is -0.337. The summed E-state index contributed by atoms with van der Waals surface area (Å²) in [4.78, 5) is 24.7. The molecular weight excluding hydrogens is 398 g/mol. The highest BCUT2D eigenvalue weighted by atomic mass is 32.1. The molecule has 0 heterocycles. The van der Waals surface area contributed by atoms with E-state index in [1.54, 1.807) is 42.5 Å². The number of hydrogen-bond acceptors (Lipinski definition) is 4. The number of thiocarbonyl (C=S) groups is 1. The summed E-state index contributed by atoms with van der Waals surface area (Å²) in [7, 11) is 0. The molecule has 2 rings (SSSR count). The lowest BCUT2D eigenvalue weighted by Gasteiger charge is -2.14. The van der Waals surface area contributed by atoms with E-state index in [2.05, 4.69) is 22.9 Å². The van der Waals surface area contributed by atoms with Gasteiger partial charge in [-0.3, -0.25) is 14.9 Å². The van der Waals surface area contributed by atoms with Crippen LogP contribution in [0.25, 0.3) is 0 Å². The van der Waals surface area contributed by atoms with Gasteiger partial charge in [-0.05, 0) is 68.4 Å². The zero-order valence-electron chi connectivity index (χ0n) is 17.7. The highest BCUT2D eigenvalue weighted by Crippen LogP contribution is 2.16. The zero-order chi connectivity index (χ0) is 21.9. The van der Waals surface area contributed by atoms with Crippen molar-refractivity contribution in [1.29, 1.82) is 0 Å². The van der Waals surface area contributed by atoms with E-state index in [1.807, 2.05) is 19.9 Å². The SMILES string of the molecule is CCCCNC(=O)c1cccc(NC(=S)NC(=O)c2cccc(OC(C)CC)c2)c1. The summed E-state index contributed by atoms with van der Waals surface area (Å²) in [6, 6.07) is 13.9. The van der Waals surface area contributed by atoms with Crippen molar-refractivity contribution >= 4 is 34.8 Å². The Bertz CT molecular complexity index is 886. The van der Waals surface area contributed by atoms with Crippen LogP contribution in [0.2, 0.25) is 0 Å². The predicted octanol–water partition coefficient (Wildman–Crippen LogP) is 4.52. The number of anilines is 1. The molecule has 0 aliphatic heterocycles. The lowest BCUT2D eigenvalue weighted by Crippen LogP contribution is -2.34. The summed E-state index contributed by atoms with van der Waals surface area (Å²) in [5.41, 5.74) is 1.60. The van der Waals surface area contributed by atoms with E-state index in [-0.39, 0.29) is 23.0 Å². The molecule has 2 amide bonds. The molecule has 2 aromatic carbocycles. The predicted molar refractivity (Wildman–Crippen MR) is 124 cm³/mol. The fraction of sp³-hybridized carbons (Fsp3) is 0.348. The molecule has 30 heavy (non-hydrogen) atoms. The second kappa shape index (κ2) is 11.9. The van der Waals surface area contributed by atoms with E-state index in [9.17, 15) is 9.59 Å². The van der Waals surface area contributed by atoms with Gasteiger partial charge in [0.1, 0.15) is 5.75 Å². The van der Waals surface area contributed by atoms with Crippen LogP contribution in [-0.2, 0) is 0 Å². The molecule has 0 saturated heterocycles. The number of nitrogens with one attached hydrogen (secondary N) is 3. The third kappa shape index (κ3) is 7.48. The van der Waals surface area contributed by atoms with Crippen LogP contribution in [0.1, 0.15) is 60.7 Å². The van der Waals surface area contributed by atoms with Crippen LogP contribution in [0.4, 0.5) is 5.69 Å². The Morgan fingerprint density at radius 2 is 1.73 bits per heavy atom. The number of rotatable bonds is 9.